The quantitative estimate of drug-likeness (QED) is 0.787. The van der Waals surface area contributed by atoms with Crippen LogP contribution >= 0.6 is 0 Å². The van der Waals surface area contributed by atoms with E-state index < -0.39 is 18.2 Å². The van der Waals surface area contributed by atoms with Crippen LogP contribution in [0.15, 0.2) is 54.6 Å². The maximum atomic E-state index is 12.5. The van der Waals surface area contributed by atoms with E-state index in [9.17, 15) is 14.4 Å². The van der Waals surface area contributed by atoms with E-state index in [2.05, 4.69) is 5.32 Å². The number of rotatable bonds is 6. The van der Waals surface area contributed by atoms with Gasteiger partial charge in [0.1, 0.15) is 0 Å². The molecule has 1 N–H and O–H groups in total. The van der Waals surface area contributed by atoms with Crippen molar-refractivity contribution in [2.75, 3.05) is 23.9 Å². The molecule has 142 valence electrons. The van der Waals surface area contributed by atoms with Crippen molar-refractivity contribution in [3.05, 3.63) is 60.2 Å². The molecule has 1 atom stereocenters. The summed E-state index contributed by atoms with van der Waals surface area (Å²) in [5.41, 5.74) is 1.31. The zero-order valence-electron chi connectivity index (χ0n) is 15.5. The van der Waals surface area contributed by atoms with Crippen LogP contribution in [0.2, 0.25) is 0 Å². The molecule has 0 spiro atoms. The lowest BCUT2D eigenvalue weighted by Gasteiger charge is -2.21. The molecule has 0 aliphatic heterocycles. The molecule has 0 aliphatic rings. The summed E-state index contributed by atoms with van der Waals surface area (Å²) in [6.07, 6.45) is -1.58. The van der Waals surface area contributed by atoms with Crippen molar-refractivity contribution in [3.8, 4) is 0 Å². The van der Waals surface area contributed by atoms with E-state index in [1.807, 2.05) is 18.2 Å². The summed E-state index contributed by atoms with van der Waals surface area (Å²) in [6.45, 7) is 3.45. The highest BCUT2D eigenvalue weighted by Gasteiger charge is 2.23. The van der Waals surface area contributed by atoms with E-state index in [4.69, 9.17) is 9.47 Å². The van der Waals surface area contributed by atoms with Crippen LogP contribution in [0, 0.1) is 0 Å². The number of anilines is 2. The predicted molar refractivity (Wildman–Crippen MR) is 102 cm³/mol. The number of carbonyl (C=O) groups is 3. The van der Waals surface area contributed by atoms with Crippen molar-refractivity contribution >= 4 is 29.3 Å². The monoisotopic (exact) mass is 370 g/mol. The van der Waals surface area contributed by atoms with Crippen LogP contribution in [0.3, 0.4) is 0 Å². The Labute approximate surface area is 157 Å². The van der Waals surface area contributed by atoms with Crippen LogP contribution in [0.25, 0.3) is 0 Å². The van der Waals surface area contributed by atoms with Gasteiger partial charge in [-0.1, -0.05) is 24.3 Å². The fraction of sp³-hybridized carbons (Fsp3) is 0.250. The molecule has 0 unspecified atom stereocenters. The summed E-state index contributed by atoms with van der Waals surface area (Å²) in [6, 6.07) is 15.3. The largest absolute Gasteiger partial charge is 0.450 e. The first-order chi connectivity index (χ1) is 12.9. The highest BCUT2D eigenvalue weighted by atomic mass is 16.6. The number of hydrogen-bond acceptors (Lipinski definition) is 5. The molecular weight excluding hydrogens is 348 g/mol. The van der Waals surface area contributed by atoms with Crippen LogP contribution in [-0.2, 0) is 14.3 Å². The lowest BCUT2D eigenvalue weighted by Crippen LogP contribution is -2.37. The molecule has 2 amide bonds. The maximum absolute atomic E-state index is 12.5. The minimum Gasteiger partial charge on any atom is -0.450 e. The average molecular weight is 370 g/mol. The SMILES string of the molecule is CCOC(=O)Nc1cccc(C(=O)O[C@H](C)C(=O)N(C)c2ccccc2)c1. The third kappa shape index (κ3) is 5.57. The maximum Gasteiger partial charge on any atom is 0.411 e. The Balaban J connectivity index is 2.01. The number of ether oxygens (including phenoxy) is 2. The van der Waals surface area contributed by atoms with E-state index in [0.717, 1.165) is 0 Å². The lowest BCUT2D eigenvalue weighted by molar-refractivity contribution is -0.126. The number of para-hydroxylation sites is 1. The van der Waals surface area contributed by atoms with Gasteiger partial charge >= 0.3 is 12.1 Å². The summed E-state index contributed by atoms with van der Waals surface area (Å²) < 4.78 is 10.1. The first-order valence-electron chi connectivity index (χ1n) is 8.49. The summed E-state index contributed by atoms with van der Waals surface area (Å²) in [5.74, 6) is -1.01. The Morgan fingerprint density at radius 1 is 1.07 bits per heavy atom. The standard InChI is InChI=1S/C20H22N2O5/c1-4-26-20(25)21-16-10-8-9-15(13-16)19(24)27-14(2)18(23)22(3)17-11-6-5-7-12-17/h5-14H,4H2,1-3H3,(H,21,25)/t14-/m1/s1. The molecule has 27 heavy (non-hydrogen) atoms. The molecule has 0 heterocycles. The molecule has 2 aromatic carbocycles. The van der Waals surface area contributed by atoms with Gasteiger partial charge in [-0.3, -0.25) is 10.1 Å². The van der Waals surface area contributed by atoms with Crippen molar-refractivity contribution in [1.29, 1.82) is 0 Å². The van der Waals surface area contributed by atoms with Crippen molar-refractivity contribution in [2.24, 2.45) is 0 Å². The number of carbonyl (C=O) groups excluding carboxylic acids is 3. The average Bonchev–Trinajstić information content (AvgIpc) is 2.67. The van der Waals surface area contributed by atoms with Crippen LogP contribution in [0.4, 0.5) is 16.2 Å². The first-order valence-corrected chi connectivity index (χ1v) is 8.49. The van der Waals surface area contributed by atoms with E-state index in [0.29, 0.717) is 11.4 Å². The van der Waals surface area contributed by atoms with Gasteiger partial charge in [-0.2, -0.15) is 0 Å². The second-order valence-electron chi connectivity index (χ2n) is 5.71. The van der Waals surface area contributed by atoms with Gasteiger partial charge < -0.3 is 14.4 Å². The molecule has 0 aliphatic carbocycles. The van der Waals surface area contributed by atoms with E-state index >= 15 is 0 Å². The number of benzene rings is 2. The van der Waals surface area contributed by atoms with Crippen LogP contribution < -0.4 is 10.2 Å². The molecule has 7 nitrogen and oxygen atoms in total. The minimum absolute atomic E-state index is 0.214. The Kier molecular flexibility index (Phi) is 6.93. The summed E-state index contributed by atoms with van der Waals surface area (Å²) in [5, 5.41) is 2.51. The fourth-order valence-electron chi connectivity index (χ4n) is 2.34. The van der Waals surface area contributed by atoms with Gasteiger partial charge in [0.2, 0.25) is 0 Å². The number of nitrogens with one attached hydrogen (secondary N) is 1. The van der Waals surface area contributed by atoms with Crippen molar-refractivity contribution in [1.82, 2.24) is 0 Å². The number of hydrogen-bond donors (Lipinski definition) is 1. The topological polar surface area (TPSA) is 84.9 Å². The number of likely N-dealkylation sites (N-methyl/N-ethyl adjacent to an activating group) is 1. The van der Waals surface area contributed by atoms with E-state index in [1.165, 1.54) is 24.0 Å². The molecule has 7 heteroatoms. The minimum atomic E-state index is -0.968. The third-order valence-corrected chi connectivity index (χ3v) is 3.73. The molecule has 0 radical (unpaired) electrons. The molecular formula is C20H22N2O5. The molecule has 0 saturated heterocycles. The van der Waals surface area contributed by atoms with Gasteiger partial charge in [0, 0.05) is 18.4 Å². The molecule has 0 fully saturated rings. The van der Waals surface area contributed by atoms with Crippen molar-refractivity contribution < 1.29 is 23.9 Å². The van der Waals surface area contributed by atoms with Gasteiger partial charge in [-0.25, -0.2) is 9.59 Å². The number of nitrogens with zero attached hydrogens (tertiary/aromatic N) is 1. The fourth-order valence-corrected chi connectivity index (χ4v) is 2.34. The van der Waals surface area contributed by atoms with Crippen LogP contribution in [-0.4, -0.2) is 37.7 Å². The van der Waals surface area contributed by atoms with Gasteiger partial charge in [0.25, 0.3) is 5.91 Å². The summed E-state index contributed by atoms with van der Waals surface area (Å²) in [7, 11) is 1.62. The van der Waals surface area contributed by atoms with Gasteiger partial charge in [0.05, 0.1) is 12.2 Å². The molecule has 0 bridgehead atoms. The third-order valence-electron chi connectivity index (χ3n) is 3.73. The van der Waals surface area contributed by atoms with Crippen LogP contribution in [0.5, 0.6) is 0 Å². The molecule has 0 aromatic heterocycles. The highest BCUT2D eigenvalue weighted by molar-refractivity contribution is 5.99. The summed E-state index contributed by atoms with van der Waals surface area (Å²) in [4.78, 5) is 37.7. The smallest absolute Gasteiger partial charge is 0.411 e. The lowest BCUT2D eigenvalue weighted by atomic mass is 10.2. The molecule has 0 saturated carbocycles. The van der Waals surface area contributed by atoms with Crippen molar-refractivity contribution in [3.63, 3.8) is 0 Å². The van der Waals surface area contributed by atoms with Gasteiger partial charge in [0.15, 0.2) is 6.10 Å². The van der Waals surface area contributed by atoms with Crippen LogP contribution in [0.1, 0.15) is 24.2 Å². The number of amides is 2. The zero-order chi connectivity index (χ0) is 19.8. The Hall–Kier alpha value is -3.35. The Morgan fingerprint density at radius 2 is 1.78 bits per heavy atom. The normalized spacial score (nSPS) is 11.2. The number of esters is 1. The van der Waals surface area contributed by atoms with E-state index in [-0.39, 0.29) is 18.1 Å². The zero-order valence-corrected chi connectivity index (χ0v) is 15.5. The predicted octanol–water partition coefficient (Wildman–Crippen LogP) is 3.46. The van der Waals surface area contributed by atoms with Gasteiger partial charge in [-0.15, -0.1) is 0 Å². The Morgan fingerprint density at radius 3 is 2.44 bits per heavy atom. The van der Waals surface area contributed by atoms with Crippen molar-refractivity contribution in [2.45, 2.75) is 20.0 Å². The van der Waals surface area contributed by atoms with Gasteiger partial charge in [-0.05, 0) is 44.2 Å². The molecule has 2 rings (SSSR count). The van der Waals surface area contributed by atoms with E-state index in [1.54, 1.807) is 38.2 Å². The second-order valence-corrected chi connectivity index (χ2v) is 5.71. The summed E-state index contributed by atoms with van der Waals surface area (Å²) >= 11 is 0. The highest BCUT2D eigenvalue weighted by Crippen LogP contribution is 2.16. The second kappa shape index (κ2) is 9.38. The molecule has 2 aromatic rings. The Bertz CT molecular complexity index is 807. The first kappa shape index (κ1) is 20.0.